The van der Waals surface area contributed by atoms with Crippen molar-refractivity contribution in [2.24, 2.45) is 0 Å². The highest BCUT2D eigenvalue weighted by Crippen LogP contribution is 2.29. The summed E-state index contributed by atoms with van der Waals surface area (Å²) in [6.07, 6.45) is 1.88. The molecule has 0 spiro atoms. The third-order valence-corrected chi connectivity index (χ3v) is 3.65. The molecule has 0 unspecified atom stereocenters. The fourth-order valence-electron chi connectivity index (χ4n) is 2.53. The summed E-state index contributed by atoms with van der Waals surface area (Å²) in [5.41, 5.74) is 1.68. The molecule has 1 aromatic rings. The zero-order valence-corrected chi connectivity index (χ0v) is 12.1. The van der Waals surface area contributed by atoms with Gasteiger partial charge in [-0.05, 0) is 18.9 Å². The van der Waals surface area contributed by atoms with E-state index in [9.17, 15) is 10.1 Å². The fourth-order valence-corrected chi connectivity index (χ4v) is 2.53. The maximum absolute atomic E-state index is 11.0. The van der Waals surface area contributed by atoms with Crippen LogP contribution in [0.15, 0.2) is 18.2 Å². The highest BCUT2D eigenvalue weighted by molar-refractivity contribution is 5.64. The molecule has 7 heteroatoms. The zero-order chi connectivity index (χ0) is 15.2. The van der Waals surface area contributed by atoms with E-state index in [1.165, 1.54) is 6.07 Å². The van der Waals surface area contributed by atoms with Crippen LogP contribution in [0.5, 0.6) is 0 Å². The number of benzene rings is 1. The van der Waals surface area contributed by atoms with Crippen LogP contribution in [0.1, 0.15) is 12.8 Å². The molecular formula is C14H21N3O4. The second kappa shape index (κ2) is 7.24. The lowest BCUT2D eigenvalue weighted by molar-refractivity contribution is -0.384. The minimum absolute atomic E-state index is 0.0383. The average Bonchev–Trinajstić information content (AvgIpc) is 2.52. The molecule has 0 aliphatic carbocycles. The number of rotatable bonds is 6. The van der Waals surface area contributed by atoms with Crippen molar-refractivity contribution in [2.45, 2.75) is 18.9 Å². The monoisotopic (exact) mass is 295 g/mol. The third-order valence-electron chi connectivity index (χ3n) is 3.65. The number of non-ortho nitro benzene ring substituents is 1. The Kier molecular flexibility index (Phi) is 5.35. The summed E-state index contributed by atoms with van der Waals surface area (Å²) in [4.78, 5) is 12.7. The molecule has 1 fully saturated rings. The maximum Gasteiger partial charge on any atom is 0.273 e. The molecule has 1 aromatic carbocycles. The van der Waals surface area contributed by atoms with Gasteiger partial charge >= 0.3 is 0 Å². The fraction of sp³-hybridized carbons (Fsp3) is 0.571. The minimum Gasteiger partial charge on any atom is -0.394 e. The van der Waals surface area contributed by atoms with Crippen LogP contribution in [0.4, 0.5) is 17.1 Å². The van der Waals surface area contributed by atoms with Gasteiger partial charge in [0.25, 0.3) is 5.69 Å². The molecule has 21 heavy (non-hydrogen) atoms. The summed E-state index contributed by atoms with van der Waals surface area (Å²) < 4.78 is 5.53. The van der Waals surface area contributed by atoms with Gasteiger partial charge in [0, 0.05) is 43.6 Å². The van der Waals surface area contributed by atoms with Gasteiger partial charge in [-0.1, -0.05) is 0 Å². The van der Waals surface area contributed by atoms with E-state index in [2.05, 4.69) is 10.2 Å². The maximum atomic E-state index is 11.0. The smallest absolute Gasteiger partial charge is 0.273 e. The first kappa shape index (κ1) is 15.5. The number of anilines is 2. The van der Waals surface area contributed by atoms with E-state index in [4.69, 9.17) is 9.84 Å². The molecule has 0 saturated carbocycles. The number of aliphatic hydroxyl groups excluding tert-OH is 1. The third kappa shape index (κ3) is 4.05. The molecule has 0 amide bonds. The predicted octanol–water partition coefficient (Wildman–Crippen LogP) is 1.61. The summed E-state index contributed by atoms with van der Waals surface area (Å²) >= 11 is 0. The zero-order valence-electron chi connectivity index (χ0n) is 12.1. The number of nitrogens with zero attached hydrogens (tertiary/aromatic N) is 2. The van der Waals surface area contributed by atoms with Gasteiger partial charge in [0.15, 0.2) is 0 Å². The Bertz CT molecular complexity index is 487. The van der Waals surface area contributed by atoms with Gasteiger partial charge in [-0.2, -0.15) is 0 Å². The Morgan fingerprint density at radius 1 is 1.43 bits per heavy atom. The Morgan fingerprint density at radius 2 is 2.14 bits per heavy atom. The topological polar surface area (TPSA) is 87.9 Å². The van der Waals surface area contributed by atoms with Gasteiger partial charge in [0.05, 0.1) is 24.2 Å². The van der Waals surface area contributed by atoms with Crippen LogP contribution in [-0.4, -0.2) is 49.5 Å². The van der Waals surface area contributed by atoms with E-state index < -0.39 is 0 Å². The number of ether oxygens (including phenoxy) is 1. The van der Waals surface area contributed by atoms with Gasteiger partial charge < -0.3 is 20.1 Å². The molecule has 0 aromatic heterocycles. The molecule has 2 rings (SSSR count). The van der Waals surface area contributed by atoms with Crippen molar-refractivity contribution < 1.29 is 14.8 Å². The average molecular weight is 295 g/mol. The lowest BCUT2D eigenvalue weighted by atomic mass is 10.1. The second-order valence-corrected chi connectivity index (χ2v) is 5.03. The van der Waals surface area contributed by atoms with Crippen molar-refractivity contribution in [1.29, 1.82) is 0 Å². The van der Waals surface area contributed by atoms with Crippen molar-refractivity contribution >= 4 is 17.1 Å². The molecule has 1 heterocycles. The lowest BCUT2D eigenvalue weighted by Crippen LogP contribution is -2.37. The van der Waals surface area contributed by atoms with Gasteiger partial charge in [0.2, 0.25) is 0 Å². The van der Waals surface area contributed by atoms with E-state index in [0.717, 1.165) is 37.3 Å². The van der Waals surface area contributed by atoms with E-state index in [1.807, 2.05) is 6.07 Å². The van der Waals surface area contributed by atoms with E-state index >= 15 is 0 Å². The normalized spacial score (nSPS) is 16.0. The number of hydrogen-bond acceptors (Lipinski definition) is 6. The van der Waals surface area contributed by atoms with Crippen LogP contribution in [0.3, 0.4) is 0 Å². The lowest BCUT2D eigenvalue weighted by Gasteiger charge is -2.33. The predicted molar refractivity (Wildman–Crippen MR) is 80.9 cm³/mol. The summed E-state index contributed by atoms with van der Waals surface area (Å²) in [6, 6.07) is 5.05. The Balaban J connectivity index is 2.05. The largest absolute Gasteiger partial charge is 0.394 e. The molecule has 1 aliphatic rings. The highest BCUT2D eigenvalue weighted by Gasteiger charge is 2.21. The molecule has 0 radical (unpaired) electrons. The SMILES string of the molecule is CNc1cc(N2CCC(OCCO)CC2)cc([N+](=O)[O-])c1. The number of nitro groups is 1. The first-order valence-corrected chi connectivity index (χ1v) is 7.08. The molecule has 0 bridgehead atoms. The second-order valence-electron chi connectivity index (χ2n) is 5.03. The Labute approximate surface area is 123 Å². The summed E-state index contributed by atoms with van der Waals surface area (Å²) in [7, 11) is 1.75. The molecule has 1 aliphatic heterocycles. The molecule has 2 N–H and O–H groups in total. The summed E-state index contributed by atoms with van der Waals surface area (Å²) in [6.45, 7) is 1.99. The van der Waals surface area contributed by atoms with Crippen LogP contribution < -0.4 is 10.2 Å². The van der Waals surface area contributed by atoms with Gasteiger partial charge in [-0.3, -0.25) is 10.1 Å². The van der Waals surface area contributed by atoms with Gasteiger partial charge in [-0.15, -0.1) is 0 Å². The summed E-state index contributed by atoms with van der Waals surface area (Å²) in [5.74, 6) is 0. The standard InChI is InChI=1S/C14H21N3O4/c1-15-11-8-12(10-13(9-11)17(19)20)16-4-2-14(3-5-16)21-7-6-18/h8-10,14-15,18H,2-7H2,1H3. The van der Waals surface area contributed by atoms with E-state index in [-0.39, 0.29) is 23.3 Å². The number of nitro benzene ring substituents is 1. The van der Waals surface area contributed by atoms with Crippen molar-refractivity contribution in [1.82, 2.24) is 0 Å². The molecule has 7 nitrogen and oxygen atoms in total. The van der Waals surface area contributed by atoms with Gasteiger partial charge in [0.1, 0.15) is 0 Å². The highest BCUT2D eigenvalue weighted by atomic mass is 16.6. The van der Waals surface area contributed by atoms with Crippen LogP contribution in [-0.2, 0) is 4.74 Å². The Morgan fingerprint density at radius 3 is 2.71 bits per heavy atom. The molecule has 1 saturated heterocycles. The van der Waals surface area contributed by atoms with Crippen LogP contribution in [0, 0.1) is 10.1 Å². The number of hydrogen-bond donors (Lipinski definition) is 2. The van der Waals surface area contributed by atoms with Gasteiger partial charge in [-0.25, -0.2) is 0 Å². The quantitative estimate of drug-likeness (QED) is 0.612. The van der Waals surface area contributed by atoms with Crippen LogP contribution in [0.25, 0.3) is 0 Å². The number of aliphatic hydroxyl groups is 1. The van der Waals surface area contributed by atoms with Crippen molar-refractivity contribution in [3.8, 4) is 0 Å². The molecular weight excluding hydrogens is 274 g/mol. The first-order valence-electron chi connectivity index (χ1n) is 7.08. The molecule has 116 valence electrons. The van der Waals surface area contributed by atoms with Crippen molar-refractivity contribution in [3.63, 3.8) is 0 Å². The minimum atomic E-state index is -0.374. The van der Waals surface area contributed by atoms with Crippen molar-refractivity contribution in [3.05, 3.63) is 28.3 Å². The molecule has 0 atom stereocenters. The van der Waals surface area contributed by atoms with Crippen LogP contribution >= 0.6 is 0 Å². The first-order chi connectivity index (χ1) is 10.1. The van der Waals surface area contributed by atoms with E-state index in [1.54, 1.807) is 13.1 Å². The Hall–Kier alpha value is -1.86. The number of piperidine rings is 1. The van der Waals surface area contributed by atoms with Crippen molar-refractivity contribution in [2.75, 3.05) is 43.6 Å². The van der Waals surface area contributed by atoms with Crippen LogP contribution in [0.2, 0.25) is 0 Å². The number of nitrogens with one attached hydrogen (secondary N) is 1. The van der Waals surface area contributed by atoms with E-state index in [0.29, 0.717) is 6.61 Å². The summed E-state index contributed by atoms with van der Waals surface area (Å²) in [5, 5.41) is 22.7.